The molecular weight excluding hydrogens is 228 g/mol. The van der Waals surface area contributed by atoms with Crippen LogP contribution in [0.15, 0.2) is 30.6 Å². The lowest BCUT2D eigenvalue weighted by Crippen LogP contribution is -2.07. The predicted octanol–water partition coefficient (Wildman–Crippen LogP) is 3.26. The zero-order valence-corrected chi connectivity index (χ0v) is 10.9. The molecular formula is C14H18N2O2. The first-order valence-corrected chi connectivity index (χ1v) is 6.14. The van der Waals surface area contributed by atoms with Crippen molar-refractivity contribution >= 4 is 0 Å². The number of nitrogens with zero attached hydrogens (tertiary/aromatic N) is 1. The van der Waals surface area contributed by atoms with E-state index in [4.69, 9.17) is 9.47 Å². The van der Waals surface area contributed by atoms with Crippen molar-refractivity contribution in [1.82, 2.24) is 9.97 Å². The number of ether oxygens (including phenoxy) is 2. The van der Waals surface area contributed by atoms with Crippen molar-refractivity contribution in [3.63, 3.8) is 0 Å². The number of aromatic nitrogens is 2. The van der Waals surface area contributed by atoms with Crippen molar-refractivity contribution in [2.75, 3.05) is 6.61 Å². The minimum atomic E-state index is 0.124. The zero-order chi connectivity index (χ0) is 13.0. The van der Waals surface area contributed by atoms with E-state index in [2.05, 4.69) is 9.97 Å². The second-order valence-corrected chi connectivity index (χ2v) is 4.20. The second kappa shape index (κ2) is 5.58. The molecule has 2 aromatic rings. The van der Waals surface area contributed by atoms with E-state index in [0.29, 0.717) is 6.61 Å². The largest absolute Gasteiger partial charge is 0.490 e. The molecule has 0 bridgehead atoms. The van der Waals surface area contributed by atoms with Crippen LogP contribution >= 0.6 is 0 Å². The quantitative estimate of drug-likeness (QED) is 0.880. The molecule has 0 atom stereocenters. The van der Waals surface area contributed by atoms with Crippen molar-refractivity contribution in [3.8, 4) is 22.9 Å². The highest BCUT2D eigenvalue weighted by Gasteiger charge is 2.10. The molecule has 4 heteroatoms. The Morgan fingerprint density at radius 3 is 2.72 bits per heavy atom. The molecule has 1 aromatic heterocycles. The third kappa shape index (κ3) is 2.83. The lowest BCUT2D eigenvalue weighted by atomic mass is 10.2. The van der Waals surface area contributed by atoms with Crippen LogP contribution in [0.5, 0.6) is 11.5 Å². The number of aromatic amines is 1. The van der Waals surface area contributed by atoms with Gasteiger partial charge in [0.1, 0.15) is 5.82 Å². The molecule has 0 amide bonds. The van der Waals surface area contributed by atoms with E-state index in [1.807, 2.05) is 39.0 Å². The number of hydrogen-bond donors (Lipinski definition) is 1. The molecule has 1 N–H and O–H groups in total. The summed E-state index contributed by atoms with van der Waals surface area (Å²) in [6.07, 6.45) is 3.65. The summed E-state index contributed by atoms with van der Waals surface area (Å²) in [5.41, 5.74) is 0.986. The van der Waals surface area contributed by atoms with Gasteiger partial charge in [-0.25, -0.2) is 4.98 Å². The Bertz CT molecular complexity index is 493. The summed E-state index contributed by atoms with van der Waals surface area (Å²) in [4.78, 5) is 7.30. The maximum atomic E-state index is 5.71. The van der Waals surface area contributed by atoms with Gasteiger partial charge in [-0.3, -0.25) is 0 Å². The third-order valence-corrected chi connectivity index (χ3v) is 2.38. The van der Waals surface area contributed by atoms with Crippen LogP contribution in [0, 0.1) is 0 Å². The lowest BCUT2D eigenvalue weighted by Gasteiger charge is -2.15. The van der Waals surface area contributed by atoms with Crippen LogP contribution in [0.4, 0.5) is 0 Å². The van der Waals surface area contributed by atoms with Crippen LogP contribution in [-0.2, 0) is 0 Å². The summed E-state index contributed by atoms with van der Waals surface area (Å²) in [6, 6.07) is 5.84. The van der Waals surface area contributed by atoms with E-state index >= 15 is 0 Å². The van der Waals surface area contributed by atoms with E-state index in [9.17, 15) is 0 Å². The van der Waals surface area contributed by atoms with E-state index in [0.717, 1.165) is 22.9 Å². The van der Waals surface area contributed by atoms with Gasteiger partial charge in [-0.15, -0.1) is 0 Å². The average Bonchev–Trinajstić information content (AvgIpc) is 2.84. The summed E-state index contributed by atoms with van der Waals surface area (Å²) >= 11 is 0. The van der Waals surface area contributed by atoms with Crippen LogP contribution in [0.1, 0.15) is 20.8 Å². The molecule has 0 radical (unpaired) electrons. The van der Waals surface area contributed by atoms with Crippen molar-refractivity contribution in [2.24, 2.45) is 0 Å². The van der Waals surface area contributed by atoms with Gasteiger partial charge in [0, 0.05) is 18.0 Å². The Hall–Kier alpha value is -1.97. The number of rotatable bonds is 5. The summed E-state index contributed by atoms with van der Waals surface area (Å²) in [5, 5.41) is 0. The Balaban J connectivity index is 2.33. The third-order valence-electron chi connectivity index (χ3n) is 2.38. The fourth-order valence-corrected chi connectivity index (χ4v) is 1.70. The first-order valence-electron chi connectivity index (χ1n) is 6.14. The predicted molar refractivity (Wildman–Crippen MR) is 71.0 cm³/mol. The van der Waals surface area contributed by atoms with E-state index in [1.165, 1.54) is 0 Å². The Morgan fingerprint density at radius 2 is 2.11 bits per heavy atom. The maximum absolute atomic E-state index is 5.71. The number of benzene rings is 1. The molecule has 4 nitrogen and oxygen atoms in total. The summed E-state index contributed by atoms with van der Waals surface area (Å²) in [5.74, 6) is 2.34. The molecule has 1 heterocycles. The normalized spacial score (nSPS) is 10.7. The molecule has 0 aliphatic heterocycles. The van der Waals surface area contributed by atoms with Gasteiger partial charge in [0.2, 0.25) is 0 Å². The number of nitrogens with one attached hydrogen (secondary N) is 1. The molecule has 0 saturated carbocycles. The van der Waals surface area contributed by atoms with Crippen molar-refractivity contribution in [3.05, 3.63) is 30.6 Å². The van der Waals surface area contributed by atoms with Gasteiger partial charge in [-0.1, -0.05) is 0 Å². The molecule has 2 rings (SSSR count). The average molecular weight is 246 g/mol. The highest BCUT2D eigenvalue weighted by molar-refractivity contribution is 5.61. The van der Waals surface area contributed by atoms with E-state index in [1.54, 1.807) is 12.4 Å². The maximum Gasteiger partial charge on any atom is 0.161 e. The number of hydrogen-bond acceptors (Lipinski definition) is 3. The standard InChI is InChI=1S/C14H18N2O2/c1-4-17-13-9-11(14-15-7-8-16-14)5-6-12(13)18-10(2)3/h5-10H,4H2,1-3H3,(H,15,16). The minimum absolute atomic E-state index is 0.124. The van der Waals surface area contributed by atoms with E-state index in [-0.39, 0.29) is 6.10 Å². The molecule has 1 aromatic carbocycles. The molecule has 0 saturated heterocycles. The molecule has 0 aliphatic rings. The Morgan fingerprint density at radius 1 is 1.28 bits per heavy atom. The van der Waals surface area contributed by atoms with Gasteiger partial charge >= 0.3 is 0 Å². The topological polar surface area (TPSA) is 47.1 Å². The fraction of sp³-hybridized carbons (Fsp3) is 0.357. The smallest absolute Gasteiger partial charge is 0.161 e. The molecule has 96 valence electrons. The van der Waals surface area contributed by atoms with Gasteiger partial charge < -0.3 is 14.5 Å². The highest BCUT2D eigenvalue weighted by atomic mass is 16.5. The number of H-pyrrole nitrogens is 1. The Labute approximate surface area is 107 Å². The minimum Gasteiger partial charge on any atom is -0.490 e. The van der Waals surface area contributed by atoms with Gasteiger partial charge in [-0.2, -0.15) is 0 Å². The van der Waals surface area contributed by atoms with Crippen molar-refractivity contribution < 1.29 is 9.47 Å². The van der Waals surface area contributed by atoms with Gasteiger partial charge in [0.15, 0.2) is 11.5 Å². The summed E-state index contributed by atoms with van der Waals surface area (Å²) in [7, 11) is 0. The van der Waals surface area contributed by atoms with Crippen LogP contribution < -0.4 is 9.47 Å². The summed E-state index contributed by atoms with van der Waals surface area (Å²) in [6.45, 7) is 6.56. The molecule has 0 unspecified atom stereocenters. The van der Waals surface area contributed by atoms with Crippen molar-refractivity contribution in [2.45, 2.75) is 26.9 Å². The zero-order valence-electron chi connectivity index (χ0n) is 10.9. The van der Waals surface area contributed by atoms with Gasteiger partial charge in [0.05, 0.1) is 12.7 Å². The van der Waals surface area contributed by atoms with Crippen LogP contribution in [0.2, 0.25) is 0 Å². The molecule has 0 aliphatic carbocycles. The van der Waals surface area contributed by atoms with Crippen LogP contribution in [0.3, 0.4) is 0 Å². The molecule has 0 spiro atoms. The van der Waals surface area contributed by atoms with Crippen LogP contribution in [0.25, 0.3) is 11.4 Å². The SMILES string of the molecule is CCOc1cc(-c2ncc[nH]2)ccc1OC(C)C. The van der Waals surface area contributed by atoms with Crippen molar-refractivity contribution in [1.29, 1.82) is 0 Å². The van der Waals surface area contributed by atoms with Crippen LogP contribution in [-0.4, -0.2) is 22.7 Å². The fourth-order valence-electron chi connectivity index (χ4n) is 1.70. The lowest BCUT2D eigenvalue weighted by molar-refractivity contribution is 0.224. The monoisotopic (exact) mass is 246 g/mol. The number of imidazole rings is 1. The first-order chi connectivity index (χ1) is 8.70. The molecule has 0 fully saturated rings. The second-order valence-electron chi connectivity index (χ2n) is 4.20. The molecule has 18 heavy (non-hydrogen) atoms. The Kier molecular flexibility index (Phi) is 3.87. The van der Waals surface area contributed by atoms with E-state index < -0.39 is 0 Å². The highest BCUT2D eigenvalue weighted by Crippen LogP contribution is 2.32. The summed E-state index contributed by atoms with van der Waals surface area (Å²) < 4.78 is 11.3. The van der Waals surface area contributed by atoms with Gasteiger partial charge in [0.25, 0.3) is 0 Å². The van der Waals surface area contributed by atoms with Gasteiger partial charge in [-0.05, 0) is 39.0 Å². The first kappa shape index (κ1) is 12.5.